The van der Waals surface area contributed by atoms with Crippen molar-refractivity contribution in [3.05, 3.63) is 0 Å². The molecule has 86 valence electrons. The van der Waals surface area contributed by atoms with Gasteiger partial charge in [0.05, 0.1) is 6.61 Å². The first-order valence-electron chi connectivity index (χ1n) is 5.94. The summed E-state index contributed by atoms with van der Waals surface area (Å²) in [7, 11) is 1.75. The molecule has 0 aliphatic carbocycles. The van der Waals surface area contributed by atoms with Gasteiger partial charge in [-0.3, -0.25) is 0 Å². The monoisotopic (exact) mass is 201 g/mol. The van der Waals surface area contributed by atoms with E-state index in [4.69, 9.17) is 4.74 Å². The maximum absolute atomic E-state index is 4.98. The Morgan fingerprint density at radius 2 is 1.86 bits per heavy atom. The lowest BCUT2D eigenvalue weighted by atomic mass is 9.92. The standard InChI is InChI=1S/C12H27NO/c1-5-12(6-2)9-11(3)10-13-7-8-14-4/h11-13H,5-10H2,1-4H3. The van der Waals surface area contributed by atoms with Gasteiger partial charge >= 0.3 is 0 Å². The van der Waals surface area contributed by atoms with Crippen LogP contribution in [0.4, 0.5) is 0 Å². The molecular formula is C12H27NO. The minimum absolute atomic E-state index is 0.789. The minimum atomic E-state index is 0.789. The van der Waals surface area contributed by atoms with Crippen LogP contribution in [-0.2, 0) is 4.74 Å². The van der Waals surface area contributed by atoms with Crippen molar-refractivity contribution >= 4 is 0 Å². The smallest absolute Gasteiger partial charge is 0.0587 e. The van der Waals surface area contributed by atoms with E-state index in [2.05, 4.69) is 26.1 Å². The molecule has 0 saturated carbocycles. The summed E-state index contributed by atoms with van der Waals surface area (Å²) in [5, 5.41) is 3.41. The van der Waals surface area contributed by atoms with E-state index in [9.17, 15) is 0 Å². The Labute approximate surface area is 89.4 Å². The van der Waals surface area contributed by atoms with Crippen molar-refractivity contribution in [2.75, 3.05) is 26.8 Å². The summed E-state index contributed by atoms with van der Waals surface area (Å²) in [6.07, 6.45) is 3.99. The second kappa shape index (κ2) is 9.47. The zero-order chi connectivity index (χ0) is 10.8. The maximum Gasteiger partial charge on any atom is 0.0587 e. The SMILES string of the molecule is CCC(CC)CC(C)CNCCOC. The number of ether oxygens (including phenoxy) is 1. The third-order valence-electron chi connectivity index (χ3n) is 2.87. The van der Waals surface area contributed by atoms with Gasteiger partial charge in [-0.1, -0.05) is 33.6 Å². The molecule has 14 heavy (non-hydrogen) atoms. The molecule has 1 N–H and O–H groups in total. The molecule has 0 fully saturated rings. The normalized spacial score (nSPS) is 13.5. The van der Waals surface area contributed by atoms with Crippen LogP contribution in [0.2, 0.25) is 0 Å². The Hall–Kier alpha value is -0.0800. The molecule has 2 nitrogen and oxygen atoms in total. The van der Waals surface area contributed by atoms with Crippen LogP contribution in [0.15, 0.2) is 0 Å². The van der Waals surface area contributed by atoms with E-state index in [1.54, 1.807) is 7.11 Å². The summed E-state index contributed by atoms with van der Waals surface area (Å²) in [5.74, 6) is 1.70. The number of nitrogens with one attached hydrogen (secondary N) is 1. The van der Waals surface area contributed by atoms with Crippen molar-refractivity contribution in [2.45, 2.75) is 40.0 Å². The van der Waals surface area contributed by atoms with E-state index >= 15 is 0 Å². The molecule has 0 aromatic carbocycles. The Morgan fingerprint density at radius 3 is 2.36 bits per heavy atom. The molecule has 0 saturated heterocycles. The van der Waals surface area contributed by atoms with Crippen molar-refractivity contribution in [1.29, 1.82) is 0 Å². The van der Waals surface area contributed by atoms with Crippen molar-refractivity contribution in [1.82, 2.24) is 5.32 Å². The Kier molecular flexibility index (Phi) is 9.42. The van der Waals surface area contributed by atoms with Gasteiger partial charge in [-0.2, -0.15) is 0 Å². The molecule has 0 bridgehead atoms. The molecule has 0 rings (SSSR count). The topological polar surface area (TPSA) is 21.3 Å². The molecule has 0 aromatic heterocycles. The van der Waals surface area contributed by atoms with E-state index in [0.29, 0.717) is 0 Å². The third kappa shape index (κ3) is 7.34. The average molecular weight is 201 g/mol. The van der Waals surface area contributed by atoms with Crippen LogP contribution < -0.4 is 5.32 Å². The van der Waals surface area contributed by atoms with Crippen LogP contribution in [0.25, 0.3) is 0 Å². The summed E-state index contributed by atoms with van der Waals surface area (Å²) in [6, 6.07) is 0. The quantitative estimate of drug-likeness (QED) is 0.579. The van der Waals surface area contributed by atoms with E-state index in [0.717, 1.165) is 31.5 Å². The van der Waals surface area contributed by atoms with Gasteiger partial charge in [0.1, 0.15) is 0 Å². The van der Waals surface area contributed by atoms with Crippen LogP contribution in [0.5, 0.6) is 0 Å². The highest BCUT2D eigenvalue weighted by Gasteiger charge is 2.08. The van der Waals surface area contributed by atoms with Crippen molar-refractivity contribution in [3.63, 3.8) is 0 Å². The fourth-order valence-corrected chi connectivity index (χ4v) is 1.80. The fourth-order valence-electron chi connectivity index (χ4n) is 1.80. The Bertz CT molecular complexity index is 113. The largest absolute Gasteiger partial charge is 0.383 e. The van der Waals surface area contributed by atoms with Gasteiger partial charge in [-0.25, -0.2) is 0 Å². The lowest BCUT2D eigenvalue weighted by Crippen LogP contribution is -2.25. The zero-order valence-electron chi connectivity index (χ0n) is 10.3. The fraction of sp³-hybridized carbons (Fsp3) is 1.00. The molecule has 1 atom stereocenters. The molecule has 1 unspecified atom stereocenters. The highest BCUT2D eigenvalue weighted by Crippen LogP contribution is 2.17. The van der Waals surface area contributed by atoms with Crippen molar-refractivity contribution < 1.29 is 4.74 Å². The number of rotatable bonds is 9. The molecule has 0 radical (unpaired) electrons. The minimum Gasteiger partial charge on any atom is -0.383 e. The maximum atomic E-state index is 4.98. The number of methoxy groups -OCH3 is 1. The van der Waals surface area contributed by atoms with Gasteiger partial charge in [0, 0.05) is 13.7 Å². The van der Waals surface area contributed by atoms with Gasteiger partial charge in [-0.05, 0) is 24.8 Å². The molecule has 0 heterocycles. The van der Waals surface area contributed by atoms with Gasteiger partial charge in [0.15, 0.2) is 0 Å². The van der Waals surface area contributed by atoms with Crippen LogP contribution in [0.3, 0.4) is 0 Å². The van der Waals surface area contributed by atoms with Crippen LogP contribution in [0.1, 0.15) is 40.0 Å². The summed E-state index contributed by atoms with van der Waals surface area (Å²) >= 11 is 0. The van der Waals surface area contributed by atoms with E-state index in [1.165, 1.54) is 19.3 Å². The van der Waals surface area contributed by atoms with E-state index in [1.807, 2.05) is 0 Å². The van der Waals surface area contributed by atoms with Gasteiger partial charge < -0.3 is 10.1 Å². The molecule has 2 heteroatoms. The average Bonchev–Trinajstić information content (AvgIpc) is 2.21. The van der Waals surface area contributed by atoms with Gasteiger partial charge in [0.2, 0.25) is 0 Å². The van der Waals surface area contributed by atoms with Crippen LogP contribution in [0, 0.1) is 11.8 Å². The first-order chi connectivity index (χ1) is 6.74. The predicted octanol–water partition coefficient (Wildman–Crippen LogP) is 2.68. The van der Waals surface area contributed by atoms with Crippen LogP contribution in [-0.4, -0.2) is 26.8 Å². The van der Waals surface area contributed by atoms with Crippen LogP contribution >= 0.6 is 0 Å². The summed E-state index contributed by atoms with van der Waals surface area (Å²) in [4.78, 5) is 0. The molecule has 0 aliphatic heterocycles. The molecule has 0 amide bonds. The second-order valence-electron chi connectivity index (χ2n) is 4.22. The molecule has 0 aromatic rings. The van der Waals surface area contributed by atoms with Crippen molar-refractivity contribution in [2.24, 2.45) is 11.8 Å². The lowest BCUT2D eigenvalue weighted by Gasteiger charge is -2.18. The summed E-state index contributed by atoms with van der Waals surface area (Å²) in [6.45, 7) is 9.83. The predicted molar refractivity (Wildman–Crippen MR) is 62.6 cm³/mol. The Balaban J connectivity index is 3.38. The highest BCUT2D eigenvalue weighted by atomic mass is 16.5. The molecule has 0 spiro atoms. The highest BCUT2D eigenvalue weighted by molar-refractivity contribution is 4.63. The Morgan fingerprint density at radius 1 is 1.21 bits per heavy atom. The summed E-state index contributed by atoms with van der Waals surface area (Å²) in [5.41, 5.74) is 0. The summed E-state index contributed by atoms with van der Waals surface area (Å²) < 4.78 is 4.98. The van der Waals surface area contributed by atoms with E-state index < -0.39 is 0 Å². The molecule has 0 aliphatic rings. The van der Waals surface area contributed by atoms with Gasteiger partial charge in [0.25, 0.3) is 0 Å². The zero-order valence-corrected chi connectivity index (χ0v) is 10.3. The number of hydrogen-bond acceptors (Lipinski definition) is 2. The molecular weight excluding hydrogens is 174 g/mol. The van der Waals surface area contributed by atoms with Crippen molar-refractivity contribution in [3.8, 4) is 0 Å². The lowest BCUT2D eigenvalue weighted by molar-refractivity contribution is 0.197. The number of hydrogen-bond donors (Lipinski definition) is 1. The van der Waals surface area contributed by atoms with Gasteiger partial charge in [-0.15, -0.1) is 0 Å². The second-order valence-corrected chi connectivity index (χ2v) is 4.22. The van der Waals surface area contributed by atoms with E-state index in [-0.39, 0.29) is 0 Å². The third-order valence-corrected chi connectivity index (χ3v) is 2.87. The first-order valence-corrected chi connectivity index (χ1v) is 5.94. The first kappa shape index (κ1) is 13.9.